The summed E-state index contributed by atoms with van der Waals surface area (Å²) in [6, 6.07) is 6.30. The fourth-order valence-corrected chi connectivity index (χ4v) is 3.89. The number of carbonyl (C=O) groups is 1. The van der Waals surface area contributed by atoms with E-state index in [1.165, 1.54) is 5.56 Å². The summed E-state index contributed by atoms with van der Waals surface area (Å²) in [5.41, 5.74) is 1.17. The number of allylic oxidation sites excluding steroid dienone is 2. The van der Waals surface area contributed by atoms with Crippen LogP contribution in [-0.4, -0.2) is 30.6 Å². The molecule has 1 aliphatic carbocycles. The van der Waals surface area contributed by atoms with Crippen molar-refractivity contribution in [2.24, 2.45) is 5.92 Å². The smallest absolute Gasteiger partial charge is 0.223 e. The first kappa shape index (κ1) is 14.6. The lowest BCUT2D eigenvalue weighted by molar-refractivity contribution is -0.132. The number of likely N-dealkylation sites (tertiary alicyclic amines) is 1. The molecule has 2 atom stereocenters. The van der Waals surface area contributed by atoms with E-state index < -0.39 is 0 Å². The third-order valence-electron chi connectivity index (χ3n) is 5.07. The second-order valence-corrected chi connectivity index (χ2v) is 6.62. The van der Waals surface area contributed by atoms with Crippen molar-refractivity contribution in [2.75, 3.05) is 19.8 Å². The van der Waals surface area contributed by atoms with Gasteiger partial charge in [0, 0.05) is 13.0 Å². The Labute approximate surface area is 137 Å². The van der Waals surface area contributed by atoms with Crippen molar-refractivity contribution in [3.8, 4) is 11.5 Å². The summed E-state index contributed by atoms with van der Waals surface area (Å²) in [6.45, 7) is 2.07. The van der Waals surface area contributed by atoms with E-state index in [0.717, 1.165) is 43.7 Å². The Morgan fingerprint density at radius 3 is 2.87 bits per heavy atom. The fourth-order valence-electron chi connectivity index (χ4n) is 3.89. The second kappa shape index (κ2) is 6.26. The predicted octanol–water partition coefficient (Wildman–Crippen LogP) is 3.48. The Morgan fingerprint density at radius 2 is 2.04 bits per heavy atom. The highest BCUT2D eigenvalue weighted by molar-refractivity contribution is 5.77. The van der Waals surface area contributed by atoms with Crippen molar-refractivity contribution in [2.45, 2.75) is 38.1 Å². The van der Waals surface area contributed by atoms with E-state index in [1.54, 1.807) is 0 Å². The summed E-state index contributed by atoms with van der Waals surface area (Å²) >= 11 is 0. The second-order valence-electron chi connectivity index (χ2n) is 6.62. The molecule has 0 bridgehead atoms. The van der Waals surface area contributed by atoms with E-state index in [-0.39, 0.29) is 6.04 Å². The molecule has 0 spiro atoms. The number of fused-ring (bicyclic) bond motifs is 1. The molecule has 4 rings (SSSR count). The minimum absolute atomic E-state index is 0.184. The van der Waals surface area contributed by atoms with Crippen LogP contribution in [0.1, 0.15) is 43.7 Å². The van der Waals surface area contributed by atoms with Gasteiger partial charge in [-0.2, -0.15) is 0 Å². The molecule has 0 saturated carbocycles. The van der Waals surface area contributed by atoms with Crippen LogP contribution in [0.25, 0.3) is 0 Å². The molecule has 2 heterocycles. The van der Waals surface area contributed by atoms with Gasteiger partial charge in [0.15, 0.2) is 11.5 Å². The monoisotopic (exact) mass is 313 g/mol. The quantitative estimate of drug-likeness (QED) is 0.802. The summed E-state index contributed by atoms with van der Waals surface area (Å²) in [7, 11) is 0. The van der Waals surface area contributed by atoms with Crippen LogP contribution in [0.2, 0.25) is 0 Å². The van der Waals surface area contributed by atoms with E-state index in [0.29, 0.717) is 31.5 Å². The summed E-state index contributed by atoms with van der Waals surface area (Å²) in [6.07, 6.45) is 9.39. The largest absolute Gasteiger partial charge is 0.486 e. The number of hydrogen-bond donors (Lipinski definition) is 0. The lowest BCUT2D eigenvalue weighted by atomic mass is 10.0. The van der Waals surface area contributed by atoms with Crippen molar-refractivity contribution in [1.82, 2.24) is 4.90 Å². The van der Waals surface area contributed by atoms with Gasteiger partial charge in [-0.05, 0) is 49.3 Å². The zero-order valence-electron chi connectivity index (χ0n) is 13.4. The molecule has 1 fully saturated rings. The first-order valence-electron chi connectivity index (χ1n) is 8.67. The molecule has 4 heteroatoms. The molecule has 2 aliphatic heterocycles. The van der Waals surface area contributed by atoms with Crippen molar-refractivity contribution in [3.05, 3.63) is 35.9 Å². The molecule has 1 aromatic carbocycles. The number of nitrogens with zero attached hydrogens (tertiary/aromatic N) is 1. The topological polar surface area (TPSA) is 38.8 Å². The predicted molar refractivity (Wildman–Crippen MR) is 87.6 cm³/mol. The Kier molecular flexibility index (Phi) is 3.98. The Balaban J connectivity index is 1.50. The number of ether oxygens (including phenoxy) is 2. The molecule has 1 amide bonds. The zero-order chi connectivity index (χ0) is 15.6. The Bertz CT molecular complexity index is 625. The molecular formula is C19H23NO3. The molecular weight excluding hydrogens is 290 g/mol. The average Bonchev–Trinajstić information content (AvgIpc) is 3.25. The van der Waals surface area contributed by atoms with Crippen LogP contribution in [0.3, 0.4) is 0 Å². The average molecular weight is 313 g/mol. The Morgan fingerprint density at radius 1 is 1.17 bits per heavy atom. The lowest BCUT2D eigenvalue weighted by Crippen LogP contribution is -2.31. The van der Waals surface area contributed by atoms with Crippen LogP contribution in [0, 0.1) is 5.92 Å². The molecule has 122 valence electrons. The van der Waals surface area contributed by atoms with Crippen molar-refractivity contribution >= 4 is 5.91 Å². The molecule has 4 nitrogen and oxygen atoms in total. The summed E-state index contributed by atoms with van der Waals surface area (Å²) in [4.78, 5) is 14.8. The number of hydrogen-bond acceptors (Lipinski definition) is 3. The van der Waals surface area contributed by atoms with E-state index >= 15 is 0 Å². The van der Waals surface area contributed by atoms with Gasteiger partial charge in [-0.15, -0.1) is 0 Å². The van der Waals surface area contributed by atoms with Gasteiger partial charge in [-0.25, -0.2) is 0 Å². The maximum Gasteiger partial charge on any atom is 0.223 e. The van der Waals surface area contributed by atoms with Crippen molar-refractivity contribution < 1.29 is 14.3 Å². The van der Waals surface area contributed by atoms with Crippen LogP contribution < -0.4 is 9.47 Å². The van der Waals surface area contributed by atoms with Gasteiger partial charge in [-0.3, -0.25) is 4.79 Å². The van der Waals surface area contributed by atoms with Gasteiger partial charge < -0.3 is 14.4 Å². The van der Waals surface area contributed by atoms with Crippen LogP contribution in [0.15, 0.2) is 30.4 Å². The number of amides is 1. The van der Waals surface area contributed by atoms with Gasteiger partial charge in [0.1, 0.15) is 13.2 Å². The zero-order valence-corrected chi connectivity index (χ0v) is 13.4. The molecule has 0 unspecified atom stereocenters. The summed E-state index contributed by atoms with van der Waals surface area (Å²) < 4.78 is 11.3. The van der Waals surface area contributed by atoms with E-state index in [1.807, 2.05) is 6.07 Å². The first-order chi connectivity index (χ1) is 11.3. The molecule has 0 radical (unpaired) electrons. The van der Waals surface area contributed by atoms with Crippen LogP contribution in [0.4, 0.5) is 0 Å². The molecule has 1 saturated heterocycles. The number of benzene rings is 1. The molecule has 0 aromatic heterocycles. The SMILES string of the molecule is O=C(C[C@@H]1C=CCC1)N1CCC[C@@H]1c1ccc2c(c1)OCCO2. The summed E-state index contributed by atoms with van der Waals surface area (Å²) in [5, 5.41) is 0. The van der Waals surface area contributed by atoms with Gasteiger partial charge >= 0.3 is 0 Å². The van der Waals surface area contributed by atoms with Crippen LogP contribution >= 0.6 is 0 Å². The third kappa shape index (κ3) is 2.94. The van der Waals surface area contributed by atoms with Crippen molar-refractivity contribution in [1.29, 1.82) is 0 Å². The van der Waals surface area contributed by atoms with Crippen molar-refractivity contribution in [3.63, 3.8) is 0 Å². The minimum atomic E-state index is 0.184. The van der Waals surface area contributed by atoms with E-state index in [4.69, 9.17) is 9.47 Å². The fraction of sp³-hybridized carbons (Fsp3) is 0.526. The van der Waals surface area contributed by atoms with Gasteiger partial charge in [-0.1, -0.05) is 18.2 Å². The minimum Gasteiger partial charge on any atom is -0.486 e. The standard InChI is InChI=1S/C19H23NO3/c21-19(12-14-4-1-2-5-14)20-9-3-6-16(20)15-7-8-17-18(13-15)23-11-10-22-17/h1,4,7-8,13-14,16H,2-3,5-6,9-12H2/t14-,16-/m1/s1. The normalized spacial score (nSPS) is 25.8. The van der Waals surface area contributed by atoms with Gasteiger partial charge in [0.05, 0.1) is 6.04 Å². The molecule has 3 aliphatic rings. The Hall–Kier alpha value is -1.97. The van der Waals surface area contributed by atoms with Crippen LogP contribution in [-0.2, 0) is 4.79 Å². The molecule has 23 heavy (non-hydrogen) atoms. The summed E-state index contributed by atoms with van der Waals surface area (Å²) in [5.74, 6) is 2.35. The number of rotatable bonds is 3. The highest BCUT2D eigenvalue weighted by atomic mass is 16.6. The van der Waals surface area contributed by atoms with E-state index in [2.05, 4.69) is 29.2 Å². The number of carbonyl (C=O) groups excluding carboxylic acids is 1. The van der Waals surface area contributed by atoms with Gasteiger partial charge in [0.2, 0.25) is 5.91 Å². The van der Waals surface area contributed by atoms with Crippen LogP contribution in [0.5, 0.6) is 11.5 Å². The highest BCUT2D eigenvalue weighted by Crippen LogP contribution is 2.38. The molecule has 0 N–H and O–H groups in total. The first-order valence-corrected chi connectivity index (χ1v) is 8.67. The maximum absolute atomic E-state index is 12.7. The maximum atomic E-state index is 12.7. The lowest BCUT2D eigenvalue weighted by Gasteiger charge is -2.27. The van der Waals surface area contributed by atoms with Gasteiger partial charge in [0.25, 0.3) is 0 Å². The third-order valence-corrected chi connectivity index (χ3v) is 5.07. The highest BCUT2D eigenvalue weighted by Gasteiger charge is 2.31. The molecule has 1 aromatic rings. The van der Waals surface area contributed by atoms with E-state index in [9.17, 15) is 4.79 Å².